The topological polar surface area (TPSA) is 89.1 Å². The Hall–Kier alpha value is -2.24. The van der Waals surface area contributed by atoms with Gasteiger partial charge in [-0.25, -0.2) is 0 Å². The zero-order chi connectivity index (χ0) is 13.2. The van der Waals surface area contributed by atoms with Crippen LogP contribution in [0.15, 0.2) is 29.0 Å². The van der Waals surface area contributed by atoms with E-state index in [1.165, 1.54) is 0 Å². The third-order valence-corrected chi connectivity index (χ3v) is 3.51. The fraction of sp³-hybridized carbons (Fsp3) is 0.385. The molecular weight excluding hydrogens is 246 g/mol. The molecule has 2 aromatic rings. The minimum atomic E-state index is -0.788. The highest BCUT2D eigenvalue weighted by Crippen LogP contribution is 2.39. The van der Waals surface area contributed by atoms with E-state index in [0.29, 0.717) is 18.1 Å². The lowest BCUT2D eigenvalue weighted by Crippen LogP contribution is -2.17. The van der Waals surface area contributed by atoms with Crippen molar-refractivity contribution in [1.29, 1.82) is 0 Å². The maximum Gasteiger partial charge on any atom is 0.307 e. The highest BCUT2D eigenvalue weighted by molar-refractivity contribution is 5.71. The van der Waals surface area contributed by atoms with Gasteiger partial charge >= 0.3 is 5.97 Å². The number of carboxylic acids is 1. The van der Waals surface area contributed by atoms with Crippen LogP contribution in [0.2, 0.25) is 0 Å². The van der Waals surface area contributed by atoms with Crippen LogP contribution in [-0.4, -0.2) is 26.2 Å². The quantitative estimate of drug-likeness (QED) is 0.907. The van der Waals surface area contributed by atoms with Crippen molar-refractivity contribution in [3.8, 4) is 11.4 Å². The largest absolute Gasteiger partial charge is 0.481 e. The smallest absolute Gasteiger partial charge is 0.307 e. The summed E-state index contributed by atoms with van der Waals surface area (Å²) in [6.07, 6.45) is 5.66. The monoisotopic (exact) mass is 259 g/mol. The minimum Gasteiger partial charge on any atom is -0.481 e. The number of nitrogens with zero attached hydrogens (tertiary/aromatic N) is 3. The van der Waals surface area contributed by atoms with Gasteiger partial charge in [-0.1, -0.05) is 11.6 Å². The van der Waals surface area contributed by atoms with Crippen LogP contribution in [0.5, 0.6) is 0 Å². The molecule has 1 fully saturated rings. The van der Waals surface area contributed by atoms with Crippen LogP contribution < -0.4 is 0 Å². The minimum absolute atomic E-state index is 0.171. The first-order valence-corrected chi connectivity index (χ1v) is 6.22. The summed E-state index contributed by atoms with van der Waals surface area (Å²) >= 11 is 0. The molecule has 2 aromatic heterocycles. The summed E-state index contributed by atoms with van der Waals surface area (Å²) in [7, 11) is 0. The molecule has 19 heavy (non-hydrogen) atoms. The molecule has 98 valence electrons. The Morgan fingerprint density at radius 1 is 1.42 bits per heavy atom. The highest BCUT2D eigenvalue weighted by Gasteiger charge is 2.37. The maximum atomic E-state index is 11.2. The summed E-state index contributed by atoms with van der Waals surface area (Å²) in [6.45, 7) is 0. The van der Waals surface area contributed by atoms with Crippen LogP contribution in [-0.2, 0) is 4.79 Å². The lowest BCUT2D eigenvalue weighted by atomic mass is 9.96. The molecule has 1 N–H and O–H groups in total. The first-order chi connectivity index (χ1) is 9.25. The van der Waals surface area contributed by atoms with E-state index in [9.17, 15) is 4.79 Å². The highest BCUT2D eigenvalue weighted by atomic mass is 16.5. The van der Waals surface area contributed by atoms with Gasteiger partial charge in [-0.05, 0) is 25.0 Å². The molecule has 2 unspecified atom stereocenters. The number of pyridine rings is 1. The molecule has 0 bridgehead atoms. The first kappa shape index (κ1) is 11.8. The summed E-state index contributed by atoms with van der Waals surface area (Å²) in [6, 6.07) is 3.63. The predicted molar refractivity (Wildman–Crippen MR) is 65.2 cm³/mol. The third kappa shape index (κ3) is 2.21. The van der Waals surface area contributed by atoms with Crippen molar-refractivity contribution in [1.82, 2.24) is 15.1 Å². The molecule has 3 rings (SSSR count). The van der Waals surface area contributed by atoms with Gasteiger partial charge in [0.15, 0.2) is 0 Å². The molecule has 2 atom stereocenters. The van der Waals surface area contributed by atoms with Gasteiger partial charge in [0.05, 0.1) is 11.8 Å². The molecule has 6 nitrogen and oxygen atoms in total. The van der Waals surface area contributed by atoms with Gasteiger partial charge in [0, 0.05) is 18.0 Å². The molecule has 0 amide bonds. The van der Waals surface area contributed by atoms with Crippen molar-refractivity contribution in [2.24, 2.45) is 5.92 Å². The van der Waals surface area contributed by atoms with Crippen LogP contribution in [0.1, 0.15) is 31.1 Å². The van der Waals surface area contributed by atoms with Crippen molar-refractivity contribution >= 4 is 5.97 Å². The summed E-state index contributed by atoms with van der Waals surface area (Å²) in [4.78, 5) is 19.5. The summed E-state index contributed by atoms with van der Waals surface area (Å²) in [5.41, 5.74) is 0.766. The Bertz CT molecular complexity index is 582. The Morgan fingerprint density at radius 2 is 2.32 bits per heavy atom. The lowest BCUT2D eigenvalue weighted by Gasteiger charge is -2.09. The average molecular weight is 259 g/mol. The zero-order valence-electron chi connectivity index (χ0n) is 10.2. The Kier molecular flexibility index (Phi) is 2.98. The summed E-state index contributed by atoms with van der Waals surface area (Å²) in [5.74, 6) is -0.496. The summed E-state index contributed by atoms with van der Waals surface area (Å²) in [5, 5.41) is 13.1. The van der Waals surface area contributed by atoms with Crippen LogP contribution in [0, 0.1) is 5.92 Å². The van der Waals surface area contributed by atoms with Crippen molar-refractivity contribution in [3.05, 3.63) is 30.4 Å². The molecule has 0 radical (unpaired) electrons. The van der Waals surface area contributed by atoms with Gasteiger partial charge in [-0.2, -0.15) is 4.98 Å². The normalized spacial score (nSPS) is 22.5. The van der Waals surface area contributed by atoms with E-state index in [1.807, 2.05) is 6.07 Å². The molecule has 2 heterocycles. The van der Waals surface area contributed by atoms with E-state index in [2.05, 4.69) is 15.1 Å². The third-order valence-electron chi connectivity index (χ3n) is 3.51. The van der Waals surface area contributed by atoms with Gasteiger partial charge in [0.2, 0.25) is 11.7 Å². The van der Waals surface area contributed by atoms with Gasteiger partial charge in [-0.15, -0.1) is 0 Å². The first-order valence-electron chi connectivity index (χ1n) is 6.22. The molecular formula is C13H13N3O3. The van der Waals surface area contributed by atoms with Gasteiger partial charge in [0.1, 0.15) is 0 Å². The van der Waals surface area contributed by atoms with Crippen molar-refractivity contribution in [2.75, 3.05) is 0 Å². The number of carboxylic acid groups (broad SMARTS) is 1. The van der Waals surface area contributed by atoms with Crippen LogP contribution in [0.4, 0.5) is 0 Å². The second-order valence-electron chi connectivity index (χ2n) is 4.68. The SMILES string of the molecule is O=C(O)C1CCCC1c1nc(-c2cccnc2)no1. The lowest BCUT2D eigenvalue weighted by molar-refractivity contribution is -0.142. The molecule has 0 aromatic carbocycles. The fourth-order valence-corrected chi connectivity index (χ4v) is 2.55. The number of aromatic nitrogens is 3. The molecule has 1 saturated carbocycles. The number of hydrogen-bond donors (Lipinski definition) is 1. The van der Waals surface area contributed by atoms with Gasteiger partial charge < -0.3 is 9.63 Å². The number of rotatable bonds is 3. The van der Waals surface area contributed by atoms with Crippen LogP contribution in [0.25, 0.3) is 11.4 Å². The van der Waals surface area contributed by atoms with Crippen LogP contribution in [0.3, 0.4) is 0 Å². The Labute approximate surface area is 109 Å². The van der Waals surface area contributed by atoms with Gasteiger partial charge in [-0.3, -0.25) is 9.78 Å². The summed E-state index contributed by atoms with van der Waals surface area (Å²) < 4.78 is 5.23. The molecule has 0 saturated heterocycles. The molecule has 6 heteroatoms. The maximum absolute atomic E-state index is 11.2. The van der Waals surface area contributed by atoms with E-state index >= 15 is 0 Å². The molecule has 0 spiro atoms. The number of aliphatic carboxylic acids is 1. The average Bonchev–Trinajstić information content (AvgIpc) is 3.08. The van der Waals surface area contributed by atoms with Crippen molar-refractivity contribution < 1.29 is 14.4 Å². The molecule has 1 aliphatic rings. The van der Waals surface area contributed by atoms with E-state index < -0.39 is 11.9 Å². The van der Waals surface area contributed by atoms with Crippen LogP contribution >= 0.6 is 0 Å². The molecule has 0 aliphatic heterocycles. The Morgan fingerprint density at radius 3 is 3.05 bits per heavy atom. The second-order valence-corrected chi connectivity index (χ2v) is 4.68. The van der Waals surface area contributed by atoms with E-state index in [0.717, 1.165) is 18.4 Å². The van der Waals surface area contributed by atoms with Gasteiger partial charge in [0.25, 0.3) is 0 Å². The van der Waals surface area contributed by atoms with Crippen molar-refractivity contribution in [3.63, 3.8) is 0 Å². The standard InChI is InChI=1S/C13H13N3O3/c17-13(18)10-5-1-4-9(10)12-15-11(16-19-12)8-3-2-6-14-7-8/h2-3,6-7,9-10H,1,4-5H2,(H,17,18). The molecule has 1 aliphatic carbocycles. The second kappa shape index (κ2) is 4.79. The fourth-order valence-electron chi connectivity index (χ4n) is 2.55. The predicted octanol–water partition coefficient (Wildman–Crippen LogP) is 2.10. The number of hydrogen-bond acceptors (Lipinski definition) is 5. The zero-order valence-corrected chi connectivity index (χ0v) is 10.2. The number of carbonyl (C=O) groups is 1. The van der Waals surface area contributed by atoms with E-state index in [1.54, 1.807) is 18.5 Å². The Balaban J connectivity index is 1.87. The van der Waals surface area contributed by atoms with E-state index in [-0.39, 0.29) is 5.92 Å². The van der Waals surface area contributed by atoms with E-state index in [4.69, 9.17) is 9.63 Å². The van der Waals surface area contributed by atoms with Crippen molar-refractivity contribution in [2.45, 2.75) is 25.2 Å².